The molecule has 1 N–H and O–H groups in total. The summed E-state index contributed by atoms with van der Waals surface area (Å²) in [6.07, 6.45) is 0. The van der Waals surface area contributed by atoms with Gasteiger partial charge < -0.3 is 9.84 Å². The van der Waals surface area contributed by atoms with Gasteiger partial charge in [-0.2, -0.15) is 0 Å². The van der Waals surface area contributed by atoms with Crippen molar-refractivity contribution in [3.63, 3.8) is 0 Å². The van der Waals surface area contributed by atoms with Crippen LogP contribution < -0.4 is 0 Å². The molecule has 0 atom stereocenters. The number of benzene rings is 1. The van der Waals surface area contributed by atoms with Crippen molar-refractivity contribution in [2.24, 2.45) is 0 Å². The Morgan fingerprint density at radius 3 is 2.75 bits per heavy atom. The maximum Gasteiger partial charge on any atom is 0.373 e. The van der Waals surface area contributed by atoms with E-state index in [1.807, 2.05) is 0 Å². The topological polar surface area (TPSA) is 89.4 Å². The minimum Gasteiger partial charge on any atom is -0.475 e. The maximum absolute atomic E-state index is 11.4. The van der Waals surface area contributed by atoms with E-state index in [4.69, 9.17) is 9.84 Å². The van der Waals surface area contributed by atoms with Crippen molar-refractivity contribution >= 4 is 34.6 Å². The average molecular weight is 292 g/mol. The van der Waals surface area contributed by atoms with E-state index < -0.39 is 5.97 Å². The maximum atomic E-state index is 11.4. The quantitative estimate of drug-likeness (QED) is 0.512. The number of carboxylic acid groups (broad SMARTS) is 1. The van der Waals surface area contributed by atoms with Gasteiger partial charge in [-0.15, -0.1) is 0 Å². The second kappa shape index (κ2) is 6.33. The van der Waals surface area contributed by atoms with Gasteiger partial charge in [-0.05, 0) is 13.0 Å². The Bertz CT molecular complexity index is 660. The number of carbonyl (C=O) groups excluding carboxylic acids is 1. The van der Waals surface area contributed by atoms with E-state index >= 15 is 0 Å². The van der Waals surface area contributed by atoms with Gasteiger partial charge in [0, 0.05) is 5.39 Å². The van der Waals surface area contributed by atoms with E-state index in [1.165, 1.54) is 0 Å². The molecule has 0 saturated carbocycles. The summed E-state index contributed by atoms with van der Waals surface area (Å²) in [5, 5.41) is 10.2. The Balaban J connectivity index is 2.34. The molecule has 1 heterocycles. The number of nitrogens with zero attached hydrogens (tertiary/aromatic N) is 2. The highest BCUT2D eigenvalue weighted by molar-refractivity contribution is 8.00. The zero-order chi connectivity index (χ0) is 14.5. The minimum atomic E-state index is -1.20. The van der Waals surface area contributed by atoms with E-state index in [-0.39, 0.29) is 17.5 Å². The van der Waals surface area contributed by atoms with Gasteiger partial charge in [-0.3, -0.25) is 4.79 Å². The lowest BCUT2D eigenvalue weighted by Gasteiger charge is -2.06. The lowest BCUT2D eigenvalue weighted by atomic mass is 10.2. The normalized spacial score (nSPS) is 10.4. The van der Waals surface area contributed by atoms with Gasteiger partial charge in [-0.1, -0.05) is 30.0 Å². The highest BCUT2D eigenvalue weighted by atomic mass is 32.2. The summed E-state index contributed by atoms with van der Waals surface area (Å²) in [5.41, 5.74) is 0.534. The van der Waals surface area contributed by atoms with E-state index in [0.717, 1.165) is 11.8 Å². The standard InChI is InChI=1S/C13H12N2O4S/c1-2-19-10(16)7-20-12-8-5-3-4-6-9(8)14-11(15-12)13(17)18/h3-6H,2,7H2,1H3,(H,17,18). The summed E-state index contributed by atoms with van der Waals surface area (Å²) in [6, 6.07) is 7.06. The van der Waals surface area contributed by atoms with Gasteiger partial charge in [0.1, 0.15) is 5.03 Å². The highest BCUT2D eigenvalue weighted by Gasteiger charge is 2.14. The van der Waals surface area contributed by atoms with Gasteiger partial charge in [0.15, 0.2) is 0 Å². The summed E-state index contributed by atoms with van der Waals surface area (Å²) in [5.74, 6) is -1.77. The fourth-order valence-corrected chi connectivity index (χ4v) is 2.40. The van der Waals surface area contributed by atoms with Crippen LogP contribution in [0.4, 0.5) is 0 Å². The van der Waals surface area contributed by atoms with Crippen LogP contribution in [-0.4, -0.2) is 39.4 Å². The van der Waals surface area contributed by atoms with Gasteiger partial charge in [0.25, 0.3) is 0 Å². The van der Waals surface area contributed by atoms with E-state index in [1.54, 1.807) is 31.2 Å². The summed E-state index contributed by atoms with van der Waals surface area (Å²) < 4.78 is 4.83. The van der Waals surface area contributed by atoms with Gasteiger partial charge >= 0.3 is 11.9 Å². The molecule has 7 heteroatoms. The first-order chi connectivity index (χ1) is 9.61. The molecule has 2 rings (SSSR count). The number of para-hydroxylation sites is 1. The number of aromatic nitrogens is 2. The molecule has 0 aliphatic rings. The molecule has 20 heavy (non-hydrogen) atoms. The van der Waals surface area contributed by atoms with E-state index in [0.29, 0.717) is 22.5 Å². The molecular weight excluding hydrogens is 280 g/mol. The van der Waals surface area contributed by atoms with Crippen LogP contribution in [0.3, 0.4) is 0 Å². The number of hydrogen-bond donors (Lipinski definition) is 1. The van der Waals surface area contributed by atoms with Crippen LogP contribution >= 0.6 is 11.8 Å². The number of hydrogen-bond acceptors (Lipinski definition) is 6. The van der Waals surface area contributed by atoms with Crippen LogP contribution in [-0.2, 0) is 9.53 Å². The molecule has 1 aromatic carbocycles. The smallest absolute Gasteiger partial charge is 0.373 e. The zero-order valence-corrected chi connectivity index (χ0v) is 11.5. The molecule has 0 amide bonds. The number of ether oxygens (including phenoxy) is 1. The van der Waals surface area contributed by atoms with Crippen molar-refractivity contribution < 1.29 is 19.4 Å². The molecule has 6 nitrogen and oxygen atoms in total. The molecule has 0 saturated heterocycles. The highest BCUT2D eigenvalue weighted by Crippen LogP contribution is 2.25. The third-order valence-electron chi connectivity index (χ3n) is 2.39. The van der Waals surface area contributed by atoms with Crippen LogP contribution in [0.1, 0.15) is 17.5 Å². The first-order valence-corrected chi connectivity index (χ1v) is 6.89. The predicted octanol–water partition coefficient (Wildman–Crippen LogP) is 1.98. The van der Waals surface area contributed by atoms with Crippen LogP contribution in [0.25, 0.3) is 10.9 Å². The molecule has 0 aliphatic heterocycles. The predicted molar refractivity (Wildman–Crippen MR) is 73.9 cm³/mol. The SMILES string of the molecule is CCOC(=O)CSc1nc(C(=O)O)nc2ccccc12. The van der Waals surface area contributed by atoms with Crippen LogP contribution in [0.5, 0.6) is 0 Å². The lowest BCUT2D eigenvalue weighted by molar-refractivity contribution is -0.139. The lowest BCUT2D eigenvalue weighted by Crippen LogP contribution is -2.09. The molecule has 0 bridgehead atoms. The number of carboxylic acids is 1. The Hall–Kier alpha value is -2.15. The van der Waals surface area contributed by atoms with Crippen molar-refractivity contribution in [2.75, 3.05) is 12.4 Å². The molecule has 0 aliphatic carbocycles. The van der Waals surface area contributed by atoms with Crippen LogP contribution in [0.2, 0.25) is 0 Å². The van der Waals surface area contributed by atoms with Crippen molar-refractivity contribution in [2.45, 2.75) is 11.9 Å². The minimum absolute atomic E-state index is 0.0773. The van der Waals surface area contributed by atoms with Crippen molar-refractivity contribution in [3.05, 3.63) is 30.1 Å². The summed E-state index contributed by atoms with van der Waals surface area (Å²) in [4.78, 5) is 30.3. The molecule has 0 unspecified atom stereocenters. The number of rotatable bonds is 5. The third-order valence-corrected chi connectivity index (χ3v) is 3.36. The van der Waals surface area contributed by atoms with Crippen molar-refractivity contribution in [1.29, 1.82) is 0 Å². The van der Waals surface area contributed by atoms with Crippen LogP contribution in [0.15, 0.2) is 29.3 Å². The second-order valence-corrected chi connectivity index (χ2v) is 4.73. The Morgan fingerprint density at radius 2 is 2.05 bits per heavy atom. The fourth-order valence-electron chi connectivity index (χ4n) is 1.58. The molecule has 104 valence electrons. The van der Waals surface area contributed by atoms with E-state index in [2.05, 4.69) is 9.97 Å². The number of carbonyl (C=O) groups is 2. The Morgan fingerprint density at radius 1 is 1.30 bits per heavy atom. The van der Waals surface area contributed by atoms with Crippen molar-refractivity contribution in [3.8, 4) is 0 Å². The Labute approximate surface area is 119 Å². The van der Waals surface area contributed by atoms with Gasteiger partial charge in [-0.25, -0.2) is 14.8 Å². The monoisotopic (exact) mass is 292 g/mol. The third kappa shape index (κ3) is 3.24. The summed E-state index contributed by atoms with van der Waals surface area (Å²) in [7, 11) is 0. The van der Waals surface area contributed by atoms with Crippen molar-refractivity contribution in [1.82, 2.24) is 9.97 Å². The zero-order valence-electron chi connectivity index (χ0n) is 10.7. The number of thioether (sulfide) groups is 1. The fraction of sp³-hybridized carbons (Fsp3) is 0.231. The van der Waals surface area contributed by atoms with Gasteiger partial charge in [0.05, 0.1) is 17.9 Å². The number of esters is 1. The molecular formula is C13H12N2O4S. The summed E-state index contributed by atoms with van der Waals surface area (Å²) in [6.45, 7) is 2.04. The number of fused-ring (bicyclic) bond motifs is 1. The molecule has 0 fully saturated rings. The van der Waals surface area contributed by atoms with E-state index in [9.17, 15) is 9.59 Å². The molecule has 0 radical (unpaired) electrons. The second-order valence-electron chi connectivity index (χ2n) is 3.77. The number of aromatic carboxylic acids is 1. The summed E-state index contributed by atoms with van der Waals surface area (Å²) >= 11 is 1.14. The van der Waals surface area contributed by atoms with Gasteiger partial charge in [0.2, 0.25) is 5.82 Å². The Kier molecular flexibility index (Phi) is 4.52. The molecule has 1 aromatic heterocycles. The first-order valence-electron chi connectivity index (χ1n) is 5.90. The largest absolute Gasteiger partial charge is 0.475 e. The first kappa shape index (κ1) is 14.3. The average Bonchev–Trinajstić information content (AvgIpc) is 2.44. The molecule has 0 spiro atoms. The molecule has 2 aromatic rings. The van der Waals surface area contributed by atoms with Crippen LogP contribution in [0, 0.1) is 0 Å².